The van der Waals surface area contributed by atoms with E-state index in [1.54, 1.807) is 18.2 Å². The van der Waals surface area contributed by atoms with Crippen LogP contribution in [0.4, 0.5) is 0 Å². The average Bonchev–Trinajstić information content (AvgIpc) is 2.99. The fourth-order valence-corrected chi connectivity index (χ4v) is 3.01. The lowest BCUT2D eigenvalue weighted by atomic mass is 10.0. The molecule has 4 nitrogen and oxygen atoms in total. The third-order valence-electron chi connectivity index (χ3n) is 4.22. The highest BCUT2D eigenvalue weighted by Gasteiger charge is 2.16. The van der Waals surface area contributed by atoms with Gasteiger partial charge in [-0.05, 0) is 30.4 Å². The van der Waals surface area contributed by atoms with E-state index >= 15 is 0 Å². The summed E-state index contributed by atoms with van der Waals surface area (Å²) in [4.78, 5) is 22.9. The van der Waals surface area contributed by atoms with Crippen LogP contribution in [0.1, 0.15) is 54.4 Å². The highest BCUT2D eigenvalue weighted by atomic mass is 16.4. The summed E-state index contributed by atoms with van der Waals surface area (Å²) in [6.07, 6.45) is 7.26. The Balaban J connectivity index is 1.71. The lowest BCUT2D eigenvalue weighted by Gasteiger charge is -2.10. The number of hydrogen-bond donors (Lipinski definition) is 2. The van der Waals surface area contributed by atoms with E-state index in [2.05, 4.69) is 5.32 Å². The number of carboxylic acids is 1. The molecule has 1 amide bonds. The van der Waals surface area contributed by atoms with Gasteiger partial charge in [-0.3, -0.25) is 4.79 Å². The molecule has 1 aliphatic rings. The van der Waals surface area contributed by atoms with Crippen LogP contribution in [-0.2, 0) is 11.2 Å². The Kier molecular flexibility index (Phi) is 5.78. The molecule has 1 fully saturated rings. The summed E-state index contributed by atoms with van der Waals surface area (Å²) in [5, 5.41) is 12.0. The van der Waals surface area contributed by atoms with Gasteiger partial charge in [0.25, 0.3) is 0 Å². The predicted octanol–water partition coefficient (Wildman–Crippen LogP) is 3.01. The predicted molar refractivity (Wildman–Crippen MR) is 81.3 cm³/mol. The number of rotatable bonds is 7. The Morgan fingerprint density at radius 2 is 1.90 bits per heavy atom. The zero-order valence-electron chi connectivity index (χ0n) is 12.3. The Bertz CT molecular complexity index is 493. The summed E-state index contributed by atoms with van der Waals surface area (Å²) in [6.45, 7) is 0.494. The van der Waals surface area contributed by atoms with Crippen LogP contribution in [0.15, 0.2) is 24.3 Å². The van der Waals surface area contributed by atoms with Crippen LogP contribution in [0, 0.1) is 5.92 Å². The van der Waals surface area contributed by atoms with Crippen molar-refractivity contribution in [2.75, 3.05) is 6.54 Å². The van der Waals surface area contributed by atoms with E-state index in [9.17, 15) is 9.59 Å². The Labute approximate surface area is 125 Å². The van der Waals surface area contributed by atoms with Crippen molar-refractivity contribution in [2.24, 2.45) is 5.92 Å². The number of carbonyl (C=O) groups is 2. The Hall–Kier alpha value is -1.84. The molecule has 0 heterocycles. The first-order chi connectivity index (χ1) is 10.2. The molecular formula is C17H23NO3. The monoisotopic (exact) mass is 289 g/mol. The molecule has 114 valence electrons. The molecule has 2 rings (SSSR count). The minimum absolute atomic E-state index is 0.0784. The summed E-state index contributed by atoms with van der Waals surface area (Å²) >= 11 is 0. The van der Waals surface area contributed by atoms with E-state index in [1.165, 1.54) is 25.7 Å². The quantitative estimate of drug-likeness (QED) is 0.811. The van der Waals surface area contributed by atoms with Crippen LogP contribution in [0.3, 0.4) is 0 Å². The highest BCUT2D eigenvalue weighted by molar-refractivity contribution is 5.89. The molecule has 0 saturated heterocycles. The van der Waals surface area contributed by atoms with Crippen molar-refractivity contribution in [3.8, 4) is 0 Å². The van der Waals surface area contributed by atoms with Gasteiger partial charge in [0.15, 0.2) is 0 Å². The van der Waals surface area contributed by atoms with Crippen LogP contribution >= 0.6 is 0 Å². The number of carbonyl (C=O) groups excluding carboxylic acids is 1. The number of amides is 1. The summed E-state index contributed by atoms with van der Waals surface area (Å²) in [5.74, 6) is -0.114. The summed E-state index contributed by atoms with van der Waals surface area (Å²) < 4.78 is 0. The van der Waals surface area contributed by atoms with Crippen LogP contribution in [0.25, 0.3) is 0 Å². The first-order valence-electron chi connectivity index (χ1n) is 7.74. The molecule has 0 atom stereocenters. The van der Waals surface area contributed by atoms with E-state index < -0.39 is 5.97 Å². The second-order valence-electron chi connectivity index (χ2n) is 5.75. The lowest BCUT2D eigenvalue weighted by molar-refractivity contribution is -0.121. The van der Waals surface area contributed by atoms with E-state index in [0.717, 1.165) is 17.9 Å². The molecular weight excluding hydrogens is 266 g/mol. The highest BCUT2D eigenvalue weighted by Crippen LogP contribution is 2.28. The van der Waals surface area contributed by atoms with Gasteiger partial charge >= 0.3 is 5.97 Å². The standard InChI is InChI=1S/C17H23NO3/c19-16(10-9-13-5-1-2-6-13)18-12-11-14-7-3-4-8-15(14)17(20)21/h3-4,7-8,13H,1-2,5-6,9-12H2,(H,18,19)(H,20,21). The van der Waals surface area contributed by atoms with Gasteiger partial charge < -0.3 is 10.4 Å². The van der Waals surface area contributed by atoms with Gasteiger partial charge in [-0.2, -0.15) is 0 Å². The molecule has 1 aromatic rings. The summed E-state index contributed by atoms with van der Waals surface area (Å²) in [5.41, 5.74) is 1.08. The lowest BCUT2D eigenvalue weighted by Crippen LogP contribution is -2.26. The molecule has 0 spiro atoms. The normalized spacial score (nSPS) is 15.0. The van der Waals surface area contributed by atoms with Crippen molar-refractivity contribution in [1.82, 2.24) is 5.32 Å². The molecule has 1 saturated carbocycles. The largest absolute Gasteiger partial charge is 0.478 e. The fraction of sp³-hybridized carbons (Fsp3) is 0.529. The maximum absolute atomic E-state index is 11.8. The minimum atomic E-state index is -0.918. The molecule has 0 bridgehead atoms. The van der Waals surface area contributed by atoms with Crippen LogP contribution in [0.5, 0.6) is 0 Å². The van der Waals surface area contributed by atoms with Gasteiger partial charge in [0.1, 0.15) is 0 Å². The molecule has 2 N–H and O–H groups in total. The Morgan fingerprint density at radius 1 is 1.19 bits per heavy atom. The maximum atomic E-state index is 11.8. The summed E-state index contributed by atoms with van der Waals surface area (Å²) in [6, 6.07) is 6.94. The van der Waals surface area contributed by atoms with Crippen molar-refractivity contribution < 1.29 is 14.7 Å². The molecule has 1 aliphatic carbocycles. The molecule has 0 aromatic heterocycles. The molecule has 0 aliphatic heterocycles. The second kappa shape index (κ2) is 7.81. The van der Waals surface area contributed by atoms with Crippen LogP contribution in [-0.4, -0.2) is 23.5 Å². The van der Waals surface area contributed by atoms with Gasteiger partial charge in [0.05, 0.1) is 5.56 Å². The van der Waals surface area contributed by atoms with E-state index in [4.69, 9.17) is 5.11 Å². The number of carboxylic acid groups (broad SMARTS) is 1. The number of aromatic carboxylic acids is 1. The smallest absolute Gasteiger partial charge is 0.335 e. The first kappa shape index (κ1) is 15.5. The number of nitrogens with one attached hydrogen (secondary N) is 1. The third-order valence-corrected chi connectivity index (χ3v) is 4.22. The molecule has 0 unspecified atom stereocenters. The first-order valence-corrected chi connectivity index (χ1v) is 7.74. The van der Waals surface area contributed by atoms with Gasteiger partial charge in [-0.1, -0.05) is 43.9 Å². The van der Waals surface area contributed by atoms with Crippen LogP contribution in [0.2, 0.25) is 0 Å². The van der Waals surface area contributed by atoms with E-state index in [1.807, 2.05) is 6.07 Å². The molecule has 1 aromatic carbocycles. The van der Waals surface area contributed by atoms with Crippen molar-refractivity contribution >= 4 is 11.9 Å². The molecule has 0 radical (unpaired) electrons. The minimum Gasteiger partial charge on any atom is -0.478 e. The summed E-state index contributed by atoms with van der Waals surface area (Å²) in [7, 11) is 0. The number of hydrogen-bond acceptors (Lipinski definition) is 2. The fourth-order valence-electron chi connectivity index (χ4n) is 3.01. The van der Waals surface area contributed by atoms with E-state index in [-0.39, 0.29) is 5.91 Å². The maximum Gasteiger partial charge on any atom is 0.335 e. The van der Waals surface area contributed by atoms with E-state index in [0.29, 0.717) is 24.9 Å². The third kappa shape index (κ3) is 4.88. The zero-order chi connectivity index (χ0) is 15.1. The second-order valence-corrected chi connectivity index (χ2v) is 5.75. The van der Waals surface area contributed by atoms with Gasteiger partial charge in [0, 0.05) is 13.0 Å². The van der Waals surface area contributed by atoms with Gasteiger partial charge in [0.2, 0.25) is 5.91 Å². The van der Waals surface area contributed by atoms with Crippen LogP contribution < -0.4 is 5.32 Å². The molecule has 21 heavy (non-hydrogen) atoms. The topological polar surface area (TPSA) is 66.4 Å². The number of benzene rings is 1. The van der Waals surface area contributed by atoms with Crippen molar-refractivity contribution in [3.63, 3.8) is 0 Å². The molecule has 4 heteroatoms. The van der Waals surface area contributed by atoms with Gasteiger partial charge in [-0.25, -0.2) is 4.79 Å². The van der Waals surface area contributed by atoms with Crippen molar-refractivity contribution in [2.45, 2.75) is 44.9 Å². The average molecular weight is 289 g/mol. The van der Waals surface area contributed by atoms with Gasteiger partial charge in [-0.15, -0.1) is 0 Å². The van der Waals surface area contributed by atoms with Crippen molar-refractivity contribution in [1.29, 1.82) is 0 Å². The Morgan fingerprint density at radius 3 is 2.62 bits per heavy atom. The van der Waals surface area contributed by atoms with Crippen molar-refractivity contribution in [3.05, 3.63) is 35.4 Å². The SMILES string of the molecule is O=C(CCC1CCCC1)NCCc1ccccc1C(=O)O. The zero-order valence-corrected chi connectivity index (χ0v) is 12.3.